The number of rotatable bonds is 7. The highest BCUT2D eigenvalue weighted by Crippen LogP contribution is 2.14. The molecule has 0 radical (unpaired) electrons. The van der Waals surface area contributed by atoms with Gasteiger partial charge >= 0.3 is 12.1 Å². The average molecular weight is 355 g/mol. The van der Waals surface area contributed by atoms with Crippen LogP contribution in [-0.2, 0) is 27.1 Å². The maximum Gasteiger partial charge on any atom is 0.413 e. The van der Waals surface area contributed by atoms with Crippen LogP contribution in [0, 0.1) is 0 Å². The molecule has 136 valence electrons. The van der Waals surface area contributed by atoms with Crippen LogP contribution in [0.15, 0.2) is 54.6 Å². The highest BCUT2D eigenvalue weighted by atomic mass is 16.6. The van der Waals surface area contributed by atoms with E-state index in [1.54, 1.807) is 19.1 Å². The Labute approximate surface area is 152 Å². The van der Waals surface area contributed by atoms with Gasteiger partial charge in [-0.05, 0) is 37.0 Å². The van der Waals surface area contributed by atoms with Crippen molar-refractivity contribution in [1.82, 2.24) is 5.32 Å². The molecule has 6 heteroatoms. The van der Waals surface area contributed by atoms with Gasteiger partial charge in [0, 0.05) is 0 Å². The van der Waals surface area contributed by atoms with Crippen LogP contribution in [0.3, 0.4) is 0 Å². The lowest BCUT2D eigenvalue weighted by Gasteiger charge is -2.10. The van der Waals surface area contributed by atoms with Gasteiger partial charge in [-0.25, -0.2) is 9.59 Å². The van der Waals surface area contributed by atoms with Crippen LogP contribution in [0.1, 0.15) is 28.4 Å². The largest absolute Gasteiger partial charge is 0.452 e. The summed E-state index contributed by atoms with van der Waals surface area (Å²) in [6.07, 6.45) is 0.593. The van der Waals surface area contributed by atoms with Gasteiger partial charge in [-0.15, -0.1) is 0 Å². The summed E-state index contributed by atoms with van der Waals surface area (Å²) in [4.78, 5) is 35.0. The topological polar surface area (TPSA) is 81.7 Å². The van der Waals surface area contributed by atoms with Crippen molar-refractivity contribution in [1.29, 1.82) is 0 Å². The number of carbonyl (C=O) groups is 3. The molecule has 0 aliphatic carbocycles. The van der Waals surface area contributed by atoms with Gasteiger partial charge < -0.3 is 9.47 Å². The zero-order valence-corrected chi connectivity index (χ0v) is 14.6. The van der Waals surface area contributed by atoms with Gasteiger partial charge in [0.25, 0.3) is 5.91 Å². The van der Waals surface area contributed by atoms with Crippen LogP contribution in [-0.4, -0.2) is 31.2 Å². The van der Waals surface area contributed by atoms with Gasteiger partial charge in [-0.1, -0.05) is 48.5 Å². The Hall–Kier alpha value is -3.15. The summed E-state index contributed by atoms with van der Waals surface area (Å²) in [5.74, 6) is -1.34. The summed E-state index contributed by atoms with van der Waals surface area (Å²) in [7, 11) is 0. The predicted octanol–water partition coefficient (Wildman–Crippen LogP) is 2.90. The number of carbonyl (C=O) groups excluding carboxylic acids is 3. The summed E-state index contributed by atoms with van der Waals surface area (Å²) in [6, 6.07) is 17.1. The molecule has 6 nitrogen and oxygen atoms in total. The van der Waals surface area contributed by atoms with E-state index in [2.05, 4.69) is 4.74 Å². The molecule has 0 heterocycles. The van der Waals surface area contributed by atoms with Crippen molar-refractivity contribution >= 4 is 18.0 Å². The Bertz CT molecular complexity index is 758. The lowest BCUT2D eigenvalue weighted by Crippen LogP contribution is -2.34. The Morgan fingerprint density at radius 1 is 0.885 bits per heavy atom. The van der Waals surface area contributed by atoms with Crippen LogP contribution >= 0.6 is 0 Å². The average Bonchev–Trinajstić information content (AvgIpc) is 2.65. The summed E-state index contributed by atoms with van der Waals surface area (Å²) in [5, 5.41) is 1.97. The molecule has 0 fully saturated rings. The number of hydrogen-bond donors (Lipinski definition) is 1. The van der Waals surface area contributed by atoms with Gasteiger partial charge in [0.2, 0.25) is 0 Å². The monoisotopic (exact) mass is 355 g/mol. The molecular formula is C20H21NO5. The molecule has 0 saturated heterocycles. The van der Waals surface area contributed by atoms with Crippen molar-refractivity contribution in [3.63, 3.8) is 0 Å². The summed E-state index contributed by atoms with van der Waals surface area (Å²) >= 11 is 0. The molecule has 26 heavy (non-hydrogen) atoms. The van der Waals surface area contributed by atoms with Crippen molar-refractivity contribution in [3.05, 3.63) is 71.3 Å². The van der Waals surface area contributed by atoms with Gasteiger partial charge in [0.1, 0.15) is 0 Å². The van der Waals surface area contributed by atoms with Crippen LogP contribution in [0.5, 0.6) is 0 Å². The molecule has 0 saturated carbocycles. The number of benzene rings is 2. The molecule has 0 aromatic heterocycles. The molecule has 0 atom stereocenters. The molecule has 0 aliphatic heterocycles. The first-order chi connectivity index (χ1) is 12.6. The predicted molar refractivity (Wildman–Crippen MR) is 95.7 cm³/mol. The standard InChI is InChI=1S/C20H21NO5/c1-2-25-20(24)21-18(22)14-26-19(23)17-11-7-6-10-16(17)13-12-15-8-4-3-5-9-15/h3-11H,2,12-14H2,1H3,(H,21,22,24). The van der Waals surface area contributed by atoms with E-state index in [0.717, 1.165) is 12.0 Å². The maximum absolute atomic E-state index is 12.3. The second-order valence-corrected chi connectivity index (χ2v) is 5.49. The fraction of sp³-hybridized carbons (Fsp3) is 0.250. The van der Waals surface area contributed by atoms with Gasteiger partial charge in [-0.3, -0.25) is 10.1 Å². The van der Waals surface area contributed by atoms with E-state index in [-0.39, 0.29) is 6.61 Å². The number of esters is 1. The second kappa shape index (κ2) is 9.98. The van der Waals surface area contributed by atoms with Gasteiger partial charge in [0.05, 0.1) is 12.2 Å². The molecule has 2 aromatic rings. The lowest BCUT2D eigenvalue weighted by molar-refractivity contribution is -0.123. The first kappa shape index (κ1) is 19.2. The molecule has 2 amide bonds. The zero-order chi connectivity index (χ0) is 18.8. The smallest absolute Gasteiger partial charge is 0.413 e. The fourth-order valence-corrected chi connectivity index (χ4v) is 2.39. The first-order valence-corrected chi connectivity index (χ1v) is 8.35. The minimum atomic E-state index is -0.864. The van der Waals surface area contributed by atoms with Crippen molar-refractivity contribution in [2.45, 2.75) is 19.8 Å². The zero-order valence-electron chi connectivity index (χ0n) is 14.6. The van der Waals surface area contributed by atoms with Crippen LogP contribution in [0.25, 0.3) is 0 Å². The number of ether oxygens (including phenoxy) is 2. The van der Waals surface area contributed by atoms with Crippen LogP contribution < -0.4 is 5.32 Å². The van der Waals surface area contributed by atoms with E-state index in [1.165, 1.54) is 5.56 Å². The minimum absolute atomic E-state index is 0.147. The third-order valence-electron chi connectivity index (χ3n) is 3.61. The molecule has 0 aliphatic rings. The minimum Gasteiger partial charge on any atom is -0.452 e. The fourth-order valence-electron chi connectivity index (χ4n) is 2.39. The summed E-state index contributed by atoms with van der Waals surface area (Å²) in [5.41, 5.74) is 2.42. The number of amides is 2. The van der Waals surface area contributed by atoms with Crippen molar-refractivity contribution in [3.8, 4) is 0 Å². The number of hydrogen-bond acceptors (Lipinski definition) is 5. The van der Waals surface area contributed by atoms with E-state index >= 15 is 0 Å². The second-order valence-electron chi connectivity index (χ2n) is 5.49. The van der Waals surface area contributed by atoms with E-state index in [1.807, 2.05) is 47.8 Å². The molecule has 0 spiro atoms. The molecule has 0 bridgehead atoms. The maximum atomic E-state index is 12.3. The third kappa shape index (κ3) is 6.05. The molecule has 2 rings (SSSR count). The Balaban J connectivity index is 1.92. The Kier molecular flexibility index (Phi) is 7.36. The van der Waals surface area contributed by atoms with Crippen molar-refractivity contribution < 1.29 is 23.9 Å². The van der Waals surface area contributed by atoms with Gasteiger partial charge in [-0.2, -0.15) is 0 Å². The van der Waals surface area contributed by atoms with Crippen LogP contribution in [0.4, 0.5) is 4.79 Å². The summed E-state index contributed by atoms with van der Waals surface area (Å²) < 4.78 is 9.59. The molecule has 0 unspecified atom stereocenters. The highest BCUT2D eigenvalue weighted by Gasteiger charge is 2.15. The number of nitrogens with one attached hydrogen (secondary N) is 1. The SMILES string of the molecule is CCOC(=O)NC(=O)COC(=O)c1ccccc1CCc1ccccc1. The Morgan fingerprint density at radius 3 is 2.31 bits per heavy atom. The van der Waals surface area contributed by atoms with Crippen LogP contribution in [0.2, 0.25) is 0 Å². The number of alkyl carbamates (subject to hydrolysis) is 1. The van der Waals surface area contributed by atoms with Crippen molar-refractivity contribution in [2.24, 2.45) is 0 Å². The number of imide groups is 1. The molecular weight excluding hydrogens is 334 g/mol. The van der Waals surface area contributed by atoms with Crippen molar-refractivity contribution in [2.75, 3.05) is 13.2 Å². The van der Waals surface area contributed by atoms with Gasteiger partial charge in [0.15, 0.2) is 6.61 Å². The molecule has 1 N–H and O–H groups in total. The number of aryl methyl sites for hydroxylation is 2. The lowest BCUT2D eigenvalue weighted by atomic mass is 10.00. The molecule has 2 aromatic carbocycles. The Morgan fingerprint density at radius 2 is 1.58 bits per heavy atom. The van der Waals surface area contributed by atoms with E-state index in [9.17, 15) is 14.4 Å². The quantitative estimate of drug-likeness (QED) is 0.772. The normalized spacial score (nSPS) is 10.0. The first-order valence-electron chi connectivity index (χ1n) is 8.35. The van der Waals surface area contributed by atoms with E-state index in [0.29, 0.717) is 12.0 Å². The third-order valence-corrected chi connectivity index (χ3v) is 3.61. The highest BCUT2D eigenvalue weighted by molar-refractivity contribution is 5.96. The van der Waals surface area contributed by atoms with E-state index in [4.69, 9.17) is 4.74 Å². The summed E-state index contributed by atoms with van der Waals surface area (Å²) in [6.45, 7) is 1.22. The van der Waals surface area contributed by atoms with E-state index < -0.39 is 24.6 Å².